The van der Waals surface area contributed by atoms with Crippen molar-refractivity contribution < 1.29 is 0 Å². The number of benzene rings is 1. The number of nitrogens with one attached hydrogen (secondary N) is 1. The van der Waals surface area contributed by atoms with Crippen LogP contribution in [0.15, 0.2) is 29.2 Å². The Morgan fingerprint density at radius 1 is 1.42 bits per heavy atom. The molecular formula is C17H16ClN5O. The van der Waals surface area contributed by atoms with E-state index in [1.54, 1.807) is 12.1 Å². The average Bonchev–Trinajstić information content (AvgIpc) is 2.94. The Morgan fingerprint density at radius 2 is 2.25 bits per heavy atom. The van der Waals surface area contributed by atoms with Crippen LogP contribution >= 0.6 is 11.6 Å². The third kappa shape index (κ3) is 2.63. The molecule has 7 heteroatoms. The molecule has 1 aliphatic rings. The van der Waals surface area contributed by atoms with Crippen LogP contribution in [0.3, 0.4) is 0 Å². The predicted molar refractivity (Wildman–Crippen MR) is 93.7 cm³/mol. The summed E-state index contributed by atoms with van der Waals surface area (Å²) in [6.45, 7) is 1.92. The molecule has 1 fully saturated rings. The van der Waals surface area contributed by atoms with E-state index in [4.69, 9.17) is 11.6 Å². The summed E-state index contributed by atoms with van der Waals surface area (Å²) in [6, 6.07) is 5.95. The van der Waals surface area contributed by atoms with Gasteiger partial charge in [-0.3, -0.25) is 4.79 Å². The van der Waals surface area contributed by atoms with Crippen molar-refractivity contribution in [3.05, 3.63) is 51.8 Å². The van der Waals surface area contributed by atoms with Crippen molar-refractivity contribution in [2.45, 2.75) is 32.2 Å². The van der Waals surface area contributed by atoms with Crippen LogP contribution in [0.4, 0.5) is 0 Å². The fraction of sp³-hybridized carbons (Fsp3) is 0.294. The molecule has 24 heavy (non-hydrogen) atoms. The number of H-pyrrole nitrogens is 1. The quantitative estimate of drug-likeness (QED) is 0.793. The van der Waals surface area contributed by atoms with Crippen LogP contribution < -0.4 is 5.56 Å². The van der Waals surface area contributed by atoms with E-state index in [9.17, 15) is 4.79 Å². The standard InChI is InChI=1S/C17H16ClN5O/c1-10-4-2-7-13-15(10)19-16(20-17(13)24)14(18)8-11-9-23(22-21-11)12-5-3-6-12/h2,4,7-9,12H,3,5-6H2,1H3,(H,19,20,24)/b14-8-. The smallest absolute Gasteiger partial charge is 0.259 e. The van der Waals surface area contributed by atoms with Crippen LogP contribution in [0.5, 0.6) is 0 Å². The molecule has 0 atom stereocenters. The number of aromatic nitrogens is 5. The highest BCUT2D eigenvalue weighted by Crippen LogP contribution is 2.30. The van der Waals surface area contributed by atoms with Gasteiger partial charge in [0.25, 0.3) is 5.56 Å². The number of aromatic amines is 1. The van der Waals surface area contributed by atoms with Crippen molar-refractivity contribution in [3.63, 3.8) is 0 Å². The number of hydrogen-bond donors (Lipinski definition) is 1. The van der Waals surface area contributed by atoms with Gasteiger partial charge in [0.05, 0.1) is 28.2 Å². The van der Waals surface area contributed by atoms with Crippen molar-refractivity contribution in [3.8, 4) is 0 Å². The molecule has 2 heterocycles. The first-order valence-corrected chi connectivity index (χ1v) is 8.28. The number of para-hydroxylation sites is 1. The van der Waals surface area contributed by atoms with E-state index in [-0.39, 0.29) is 5.56 Å². The zero-order valence-electron chi connectivity index (χ0n) is 13.2. The van der Waals surface area contributed by atoms with Gasteiger partial charge in [0.2, 0.25) is 0 Å². The van der Waals surface area contributed by atoms with Crippen LogP contribution in [0.2, 0.25) is 0 Å². The van der Waals surface area contributed by atoms with Crippen LogP contribution in [0, 0.1) is 6.92 Å². The third-order valence-corrected chi connectivity index (χ3v) is 4.70. The predicted octanol–water partition coefficient (Wildman–Crippen LogP) is 3.28. The molecule has 0 amide bonds. The van der Waals surface area contributed by atoms with Gasteiger partial charge in [-0.25, -0.2) is 9.67 Å². The van der Waals surface area contributed by atoms with Crippen molar-refractivity contribution in [2.24, 2.45) is 0 Å². The van der Waals surface area contributed by atoms with Gasteiger partial charge in [0.1, 0.15) is 5.69 Å². The maximum absolute atomic E-state index is 12.2. The number of aryl methyl sites for hydroxylation is 1. The molecule has 1 aromatic carbocycles. The summed E-state index contributed by atoms with van der Waals surface area (Å²) in [5, 5.41) is 9.14. The molecule has 0 unspecified atom stereocenters. The highest BCUT2D eigenvalue weighted by Gasteiger charge is 2.20. The Morgan fingerprint density at radius 3 is 3.00 bits per heavy atom. The molecule has 2 aromatic heterocycles. The van der Waals surface area contributed by atoms with E-state index in [0.29, 0.717) is 33.5 Å². The van der Waals surface area contributed by atoms with Gasteiger partial charge < -0.3 is 4.98 Å². The van der Waals surface area contributed by atoms with Crippen LogP contribution in [-0.4, -0.2) is 25.0 Å². The molecule has 122 valence electrons. The van der Waals surface area contributed by atoms with Gasteiger partial charge in [-0.05, 0) is 43.9 Å². The van der Waals surface area contributed by atoms with Crippen LogP contribution in [0.1, 0.15) is 42.4 Å². The lowest BCUT2D eigenvalue weighted by Gasteiger charge is -2.24. The molecule has 0 aliphatic heterocycles. The maximum Gasteiger partial charge on any atom is 0.259 e. The number of nitrogens with zero attached hydrogens (tertiary/aromatic N) is 4. The van der Waals surface area contributed by atoms with E-state index in [2.05, 4.69) is 20.3 Å². The Labute approximate surface area is 143 Å². The number of fused-ring (bicyclic) bond motifs is 1. The van der Waals surface area contributed by atoms with Crippen molar-refractivity contribution in [1.29, 1.82) is 0 Å². The lowest BCUT2D eigenvalue weighted by molar-refractivity contribution is 0.284. The summed E-state index contributed by atoms with van der Waals surface area (Å²) in [6.07, 6.45) is 7.05. The van der Waals surface area contributed by atoms with Crippen molar-refractivity contribution in [2.75, 3.05) is 0 Å². The van der Waals surface area contributed by atoms with Gasteiger partial charge in [-0.15, -0.1) is 5.10 Å². The summed E-state index contributed by atoms with van der Waals surface area (Å²) in [5.74, 6) is 0.335. The lowest BCUT2D eigenvalue weighted by Crippen LogP contribution is -2.17. The zero-order chi connectivity index (χ0) is 16.7. The molecule has 0 saturated heterocycles. The molecule has 4 rings (SSSR count). The first-order valence-electron chi connectivity index (χ1n) is 7.91. The summed E-state index contributed by atoms with van der Waals surface area (Å²) in [4.78, 5) is 19.5. The minimum Gasteiger partial charge on any atom is -0.305 e. The first kappa shape index (κ1) is 15.1. The van der Waals surface area contributed by atoms with Crippen LogP contribution in [-0.2, 0) is 0 Å². The van der Waals surface area contributed by atoms with Gasteiger partial charge in [0.15, 0.2) is 5.82 Å². The lowest BCUT2D eigenvalue weighted by atomic mass is 9.93. The summed E-state index contributed by atoms with van der Waals surface area (Å²) in [5.41, 5.74) is 2.03. The molecule has 0 bridgehead atoms. The first-order chi connectivity index (χ1) is 11.6. The van der Waals surface area contributed by atoms with E-state index in [0.717, 1.165) is 18.4 Å². The van der Waals surface area contributed by atoms with Gasteiger partial charge in [-0.1, -0.05) is 28.9 Å². The van der Waals surface area contributed by atoms with Gasteiger partial charge >= 0.3 is 0 Å². The normalized spacial score (nSPS) is 15.7. The van der Waals surface area contributed by atoms with Crippen molar-refractivity contribution in [1.82, 2.24) is 25.0 Å². The SMILES string of the molecule is Cc1cccc2c(=O)[nH]c(/C(Cl)=C/c3cn(C4CCC4)nn3)nc12. The van der Waals surface area contributed by atoms with Crippen molar-refractivity contribution >= 4 is 33.6 Å². The molecule has 6 nitrogen and oxygen atoms in total. The number of halogens is 1. The molecular weight excluding hydrogens is 326 g/mol. The largest absolute Gasteiger partial charge is 0.305 e. The van der Waals surface area contributed by atoms with Gasteiger partial charge in [0, 0.05) is 0 Å². The molecule has 1 aliphatic carbocycles. The zero-order valence-corrected chi connectivity index (χ0v) is 13.9. The fourth-order valence-electron chi connectivity index (χ4n) is 2.80. The summed E-state index contributed by atoms with van der Waals surface area (Å²) >= 11 is 6.35. The number of hydrogen-bond acceptors (Lipinski definition) is 4. The summed E-state index contributed by atoms with van der Waals surface area (Å²) < 4.78 is 1.88. The van der Waals surface area contributed by atoms with E-state index >= 15 is 0 Å². The Hall–Kier alpha value is -2.47. The second-order valence-electron chi connectivity index (χ2n) is 6.09. The molecule has 0 radical (unpaired) electrons. The van der Waals surface area contributed by atoms with Crippen LogP contribution in [0.25, 0.3) is 22.0 Å². The van der Waals surface area contributed by atoms with E-state index in [1.165, 1.54) is 6.42 Å². The third-order valence-electron chi connectivity index (χ3n) is 4.42. The second-order valence-corrected chi connectivity index (χ2v) is 6.49. The molecule has 1 N–H and O–H groups in total. The minimum atomic E-state index is -0.205. The topological polar surface area (TPSA) is 76.5 Å². The fourth-order valence-corrected chi connectivity index (χ4v) is 3.00. The maximum atomic E-state index is 12.2. The van der Waals surface area contributed by atoms with E-state index in [1.807, 2.05) is 29.9 Å². The Kier molecular flexibility index (Phi) is 3.69. The second kappa shape index (κ2) is 5.87. The Bertz CT molecular complexity index is 1000. The molecule has 3 aromatic rings. The molecule has 1 saturated carbocycles. The summed E-state index contributed by atoms with van der Waals surface area (Å²) in [7, 11) is 0. The van der Waals surface area contributed by atoms with Gasteiger partial charge in [-0.2, -0.15) is 0 Å². The monoisotopic (exact) mass is 341 g/mol. The number of rotatable bonds is 3. The Balaban J connectivity index is 1.72. The van der Waals surface area contributed by atoms with E-state index < -0.39 is 0 Å². The minimum absolute atomic E-state index is 0.205. The molecule has 0 spiro atoms. The average molecular weight is 342 g/mol. The highest BCUT2D eigenvalue weighted by molar-refractivity contribution is 6.50. The highest BCUT2D eigenvalue weighted by atomic mass is 35.5.